The molecule has 4 heteroatoms. The van der Waals surface area contributed by atoms with Crippen LogP contribution in [0, 0.1) is 5.92 Å². The highest BCUT2D eigenvalue weighted by molar-refractivity contribution is 5.70. The van der Waals surface area contributed by atoms with Crippen LogP contribution in [-0.2, 0) is 4.79 Å². The highest BCUT2D eigenvalue weighted by atomic mass is 16.5. The molecule has 2 rings (SSSR count). The maximum Gasteiger partial charge on any atom is 0.306 e. The number of benzene rings is 1. The maximum absolute atomic E-state index is 11.1. The van der Waals surface area contributed by atoms with Crippen LogP contribution in [0.5, 0.6) is 5.75 Å². The Labute approximate surface area is 120 Å². The third kappa shape index (κ3) is 3.73. The van der Waals surface area contributed by atoms with Crippen molar-refractivity contribution in [2.24, 2.45) is 5.92 Å². The molecule has 0 bridgehead atoms. The minimum absolute atomic E-state index is 0.190. The van der Waals surface area contributed by atoms with Crippen LogP contribution in [0.25, 0.3) is 0 Å². The minimum Gasteiger partial charge on any atom is -0.497 e. The number of nitrogens with one attached hydrogen (secondary N) is 1. The van der Waals surface area contributed by atoms with Crippen molar-refractivity contribution in [2.45, 2.75) is 44.7 Å². The fraction of sp³-hybridized carbons (Fsp3) is 0.562. The Balaban J connectivity index is 1.92. The van der Waals surface area contributed by atoms with E-state index in [1.807, 2.05) is 24.3 Å². The summed E-state index contributed by atoms with van der Waals surface area (Å²) in [5, 5.41) is 12.7. The van der Waals surface area contributed by atoms with E-state index < -0.39 is 5.97 Å². The Morgan fingerprint density at radius 3 is 2.65 bits per heavy atom. The molecule has 2 unspecified atom stereocenters. The van der Waals surface area contributed by atoms with Gasteiger partial charge in [0.15, 0.2) is 0 Å². The van der Waals surface area contributed by atoms with E-state index in [2.05, 4.69) is 12.2 Å². The highest BCUT2D eigenvalue weighted by Gasteiger charge is 2.27. The summed E-state index contributed by atoms with van der Waals surface area (Å²) in [4.78, 5) is 11.1. The molecule has 110 valence electrons. The molecule has 0 saturated heterocycles. The molecule has 1 aliphatic rings. The van der Waals surface area contributed by atoms with Crippen molar-refractivity contribution >= 4 is 5.97 Å². The number of hydrogen-bond donors (Lipinski definition) is 2. The zero-order chi connectivity index (χ0) is 14.5. The zero-order valence-electron chi connectivity index (χ0n) is 12.1. The first-order valence-corrected chi connectivity index (χ1v) is 7.23. The van der Waals surface area contributed by atoms with Gasteiger partial charge >= 0.3 is 5.97 Å². The summed E-state index contributed by atoms with van der Waals surface area (Å²) in [6.45, 7) is 2.12. The number of carboxylic acids is 1. The van der Waals surface area contributed by atoms with Crippen LogP contribution in [0.15, 0.2) is 24.3 Å². The summed E-state index contributed by atoms with van der Waals surface area (Å²) < 4.78 is 5.15. The molecule has 1 saturated carbocycles. The van der Waals surface area contributed by atoms with Gasteiger partial charge in [-0.1, -0.05) is 18.6 Å². The average molecular weight is 277 g/mol. The molecule has 20 heavy (non-hydrogen) atoms. The van der Waals surface area contributed by atoms with E-state index in [1.54, 1.807) is 7.11 Å². The lowest BCUT2D eigenvalue weighted by atomic mass is 9.85. The SMILES string of the molecule is COc1ccc([C@@H](C)NC2CCCC(C(=O)O)C2)cc1. The predicted octanol–water partition coefficient (Wildman–Crippen LogP) is 2.99. The number of ether oxygens (including phenoxy) is 1. The van der Waals surface area contributed by atoms with Gasteiger partial charge in [-0.15, -0.1) is 0 Å². The molecule has 0 spiro atoms. The highest BCUT2D eigenvalue weighted by Crippen LogP contribution is 2.27. The first-order chi connectivity index (χ1) is 9.60. The van der Waals surface area contributed by atoms with Crippen LogP contribution in [0.1, 0.15) is 44.2 Å². The Hall–Kier alpha value is -1.55. The van der Waals surface area contributed by atoms with Gasteiger partial charge in [0, 0.05) is 12.1 Å². The topological polar surface area (TPSA) is 58.6 Å². The standard InChI is InChI=1S/C16H23NO3/c1-11(12-6-8-15(20-2)9-7-12)17-14-5-3-4-13(10-14)16(18)19/h6-9,11,13-14,17H,3-5,10H2,1-2H3,(H,18,19)/t11-,13?,14?/m1/s1. The van der Waals surface area contributed by atoms with Crippen molar-refractivity contribution in [3.05, 3.63) is 29.8 Å². The van der Waals surface area contributed by atoms with Crippen LogP contribution in [0.3, 0.4) is 0 Å². The lowest BCUT2D eigenvalue weighted by Crippen LogP contribution is -2.37. The van der Waals surface area contributed by atoms with Crippen molar-refractivity contribution in [3.8, 4) is 5.75 Å². The second-order valence-electron chi connectivity index (χ2n) is 5.56. The largest absolute Gasteiger partial charge is 0.497 e. The quantitative estimate of drug-likeness (QED) is 0.868. The molecule has 4 nitrogen and oxygen atoms in total. The molecule has 2 N–H and O–H groups in total. The summed E-state index contributed by atoms with van der Waals surface area (Å²) in [6.07, 6.45) is 3.59. The number of aliphatic carboxylic acids is 1. The molecule has 0 heterocycles. The average Bonchev–Trinajstić information content (AvgIpc) is 2.47. The number of carbonyl (C=O) groups is 1. The minimum atomic E-state index is -0.659. The van der Waals surface area contributed by atoms with Gasteiger partial charge in [0.1, 0.15) is 5.75 Å². The molecule has 0 amide bonds. The van der Waals surface area contributed by atoms with E-state index in [1.165, 1.54) is 5.56 Å². The molecule has 0 radical (unpaired) electrons. The number of rotatable bonds is 5. The Bertz CT molecular complexity index is 444. The van der Waals surface area contributed by atoms with E-state index in [0.717, 1.165) is 31.4 Å². The summed E-state index contributed by atoms with van der Waals surface area (Å²) in [5.74, 6) is 0.00229. The van der Waals surface area contributed by atoms with Gasteiger partial charge in [-0.2, -0.15) is 0 Å². The third-order valence-electron chi connectivity index (χ3n) is 4.12. The normalized spacial score (nSPS) is 24.1. The maximum atomic E-state index is 11.1. The van der Waals surface area contributed by atoms with Crippen LogP contribution in [-0.4, -0.2) is 24.2 Å². The lowest BCUT2D eigenvalue weighted by molar-refractivity contribution is -0.143. The number of carboxylic acid groups (broad SMARTS) is 1. The van der Waals surface area contributed by atoms with Crippen LogP contribution in [0.4, 0.5) is 0 Å². The monoisotopic (exact) mass is 277 g/mol. The first kappa shape index (κ1) is 14.9. The fourth-order valence-electron chi connectivity index (χ4n) is 2.91. The molecule has 1 aromatic rings. The van der Waals surface area contributed by atoms with Gasteiger partial charge in [0.25, 0.3) is 0 Å². The molecule has 3 atom stereocenters. The number of hydrogen-bond acceptors (Lipinski definition) is 3. The van der Waals surface area contributed by atoms with Gasteiger partial charge in [-0.3, -0.25) is 4.79 Å². The Morgan fingerprint density at radius 2 is 2.05 bits per heavy atom. The number of methoxy groups -OCH3 is 1. The van der Waals surface area contributed by atoms with Crippen molar-refractivity contribution in [1.82, 2.24) is 5.32 Å². The van der Waals surface area contributed by atoms with E-state index in [-0.39, 0.29) is 12.0 Å². The summed E-state index contributed by atoms with van der Waals surface area (Å²) in [6, 6.07) is 8.52. The summed E-state index contributed by atoms with van der Waals surface area (Å²) in [7, 11) is 1.66. The van der Waals surface area contributed by atoms with Crippen molar-refractivity contribution in [1.29, 1.82) is 0 Å². The molecule has 1 fully saturated rings. The second kappa shape index (κ2) is 6.75. The van der Waals surface area contributed by atoms with Crippen molar-refractivity contribution in [2.75, 3.05) is 7.11 Å². The Morgan fingerprint density at radius 1 is 1.35 bits per heavy atom. The van der Waals surface area contributed by atoms with E-state index in [9.17, 15) is 4.79 Å². The van der Waals surface area contributed by atoms with Crippen LogP contribution < -0.4 is 10.1 Å². The van der Waals surface area contributed by atoms with Crippen LogP contribution in [0.2, 0.25) is 0 Å². The third-order valence-corrected chi connectivity index (χ3v) is 4.12. The smallest absolute Gasteiger partial charge is 0.306 e. The molecular weight excluding hydrogens is 254 g/mol. The first-order valence-electron chi connectivity index (χ1n) is 7.23. The second-order valence-corrected chi connectivity index (χ2v) is 5.56. The molecule has 0 aromatic heterocycles. The molecule has 1 aliphatic carbocycles. The summed E-state index contributed by atoms with van der Waals surface area (Å²) >= 11 is 0. The van der Waals surface area contributed by atoms with Crippen LogP contribution >= 0.6 is 0 Å². The van der Waals surface area contributed by atoms with Crippen molar-refractivity contribution < 1.29 is 14.6 Å². The zero-order valence-corrected chi connectivity index (χ0v) is 12.1. The van der Waals surface area contributed by atoms with Gasteiger partial charge in [-0.25, -0.2) is 0 Å². The molecular formula is C16H23NO3. The van der Waals surface area contributed by atoms with E-state index >= 15 is 0 Å². The fourth-order valence-corrected chi connectivity index (χ4v) is 2.91. The van der Waals surface area contributed by atoms with Gasteiger partial charge < -0.3 is 15.2 Å². The van der Waals surface area contributed by atoms with Gasteiger partial charge in [-0.05, 0) is 43.9 Å². The Kier molecular flexibility index (Phi) is 5.01. The summed E-state index contributed by atoms with van der Waals surface area (Å²) in [5.41, 5.74) is 1.20. The molecule has 1 aromatic carbocycles. The van der Waals surface area contributed by atoms with E-state index in [0.29, 0.717) is 6.04 Å². The van der Waals surface area contributed by atoms with E-state index in [4.69, 9.17) is 9.84 Å². The molecule has 0 aliphatic heterocycles. The lowest BCUT2D eigenvalue weighted by Gasteiger charge is -2.30. The van der Waals surface area contributed by atoms with Gasteiger partial charge in [0.05, 0.1) is 13.0 Å². The predicted molar refractivity (Wildman–Crippen MR) is 77.9 cm³/mol. The van der Waals surface area contributed by atoms with Gasteiger partial charge in [0.2, 0.25) is 0 Å². The van der Waals surface area contributed by atoms with Crippen molar-refractivity contribution in [3.63, 3.8) is 0 Å².